The number of hydrogen-bond acceptors (Lipinski definition) is 5. The number of aromatic nitrogens is 2. The van der Waals surface area contributed by atoms with E-state index in [-0.39, 0.29) is 12.2 Å². The predicted octanol–water partition coefficient (Wildman–Crippen LogP) is -1.05. The lowest BCUT2D eigenvalue weighted by atomic mass is 10.1. The minimum atomic E-state index is -1.04. The van der Waals surface area contributed by atoms with Crippen LogP contribution < -0.4 is 11.2 Å². The fourth-order valence-corrected chi connectivity index (χ4v) is 2.17. The molecule has 8 heteroatoms. The zero-order valence-corrected chi connectivity index (χ0v) is 11.3. The van der Waals surface area contributed by atoms with Crippen molar-refractivity contribution in [1.29, 1.82) is 0 Å². The van der Waals surface area contributed by atoms with Gasteiger partial charge in [0.1, 0.15) is 12.2 Å². The average Bonchev–Trinajstić information content (AvgIpc) is 2.61. The quantitative estimate of drug-likeness (QED) is 0.458. The maximum atomic E-state index is 11.7. The molecule has 0 bridgehead atoms. The zero-order chi connectivity index (χ0) is 13.4. The molecule has 1 aromatic rings. The summed E-state index contributed by atoms with van der Waals surface area (Å²) < 4.78 is 6.77. The number of ether oxygens (including phenoxy) is 1. The molecular weight excluding hydrogens is 355 g/mol. The number of aromatic amines is 1. The van der Waals surface area contributed by atoms with E-state index in [9.17, 15) is 14.7 Å². The molecule has 1 aliphatic rings. The van der Waals surface area contributed by atoms with E-state index < -0.39 is 29.7 Å². The van der Waals surface area contributed by atoms with Gasteiger partial charge in [0.25, 0.3) is 5.56 Å². The number of nitrogens with zero attached hydrogens (tertiary/aromatic N) is 1. The molecule has 7 nitrogen and oxygen atoms in total. The minimum absolute atomic E-state index is 0.263. The summed E-state index contributed by atoms with van der Waals surface area (Å²) in [6.45, 7) is 3.26. The van der Waals surface area contributed by atoms with Gasteiger partial charge in [0.15, 0.2) is 6.23 Å². The summed E-state index contributed by atoms with van der Waals surface area (Å²) in [6, 6.07) is 0. The molecular formula is C10H11IN2O5. The van der Waals surface area contributed by atoms with Gasteiger partial charge in [-0.3, -0.25) is 14.3 Å². The molecule has 1 fully saturated rings. The van der Waals surface area contributed by atoms with Gasteiger partial charge in [0, 0.05) is 11.8 Å². The van der Waals surface area contributed by atoms with Crippen LogP contribution in [0.5, 0.6) is 0 Å². The third-order valence-corrected chi connectivity index (χ3v) is 3.48. The van der Waals surface area contributed by atoms with Crippen LogP contribution in [0.3, 0.4) is 0 Å². The van der Waals surface area contributed by atoms with Crippen molar-refractivity contribution in [3.05, 3.63) is 42.8 Å². The van der Waals surface area contributed by atoms with Crippen LogP contribution in [-0.2, 0) is 4.74 Å². The molecule has 0 saturated carbocycles. The van der Waals surface area contributed by atoms with E-state index in [0.717, 1.165) is 4.57 Å². The van der Waals surface area contributed by atoms with Gasteiger partial charge in [0.05, 0.1) is 10.2 Å². The van der Waals surface area contributed by atoms with Crippen molar-refractivity contribution >= 4 is 22.6 Å². The van der Waals surface area contributed by atoms with Gasteiger partial charge in [-0.15, -0.1) is 0 Å². The molecule has 98 valence electrons. The van der Waals surface area contributed by atoms with Crippen LogP contribution in [0, 0.1) is 3.57 Å². The van der Waals surface area contributed by atoms with Crippen LogP contribution in [-0.4, -0.2) is 38.6 Å². The second-order valence-corrected chi connectivity index (χ2v) is 5.03. The van der Waals surface area contributed by atoms with Crippen molar-refractivity contribution in [3.8, 4) is 0 Å². The zero-order valence-electron chi connectivity index (χ0n) is 9.17. The van der Waals surface area contributed by atoms with Crippen LogP contribution >= 0.6 is 22.6 Å². The predicted molar refractivity (Wildman–Crippen MR) is 70.2 cm³/mol. The fourth-order valence-electron chi connectivity index (χ4n) is 1.73. The van der Waals surface area contributed by atoms with E-state index in [1.54, 1.807) is 22.6 Å². The van der Waals surface area contributed by atoms with Gasteiger partial charge >= 0.3 is 5.69 Å². The van der Waals surface area contributed by atoms with Crippen molar-refractivity contribution in [1.82, 2.24) is 9.55 Å². The molecule has 0 amide bonds. The lowest BCUT2D eigenvalue weighted by Crippen LogP contribution is -2.34. The van der Waals surface area contributed by atoms with Crippen molar-refractivity contribution in [2.45, 2.75) is 18.4 Å². The molecule has 0 aromatic carbocycles. The number of aliphatic hydroxyl groups excluding tert-OH is 2. The molecule has 0 unspecified atom stereocenters. The summed E-state index contributed by atoms with van der Waals surface area (Å²) in [4.78, 5) is 25.0. The molecule has 0 aliphatic carbocycles. The Balaban J connectivity index is 2.45. The highest BCUT2D eigenvalue weighted by Crippen LogP contribution is 2.31. The summed E-state index contributed by atoms with van der Waals surface area (Å²) >= 11 is 1.78. The molecule has 18 heavy (non-hydrogen) atoms. The van der Waals surface area contributed by atoms with Crippen LogP contribution in [0.4, 0.5) is 0 Å². The van der Waals surface area contributed by atoms with Crippen molar-refractivity contribution in [2.75, 3.05) is 6.61 Å². The molecule has 3 N–H and O–H groups in total. The lowest BCUT2D eigenvalue weighted by Gasteiger charge is -2.14. The van der Waals surface area contributed by atoms with E-state index in [0.29, 0.717) is 3.57 Å². The van der Waals surface area contributed by atoms with Gasteiger partial charge in [-0.1, -0.05) is 6.58 Å². The van der Waals surface area contributed by atoms with E-state index in [4.69, 9.17) is 9.84 Å². The first-order valence-corrected chi connectivity index (χ1v) is 6.17. The average molecular weight is 366 g/mol. The third kappa shape index (κ3) is 2.16. The van der Waals surface area contributed by atoms with Crippen molar-refractivity contribution in [3.63, 3.8) is 0 Å². The Hall–Kier alpha value is -0.970. The fraction of sp³-hybridized carbons (Fsp3) is 0.400. The molecule has 0 radical (unpaired) electrons. The largest absolute Gasteiger partial charge is 0.394 e. The Morgan fingerprint density at radius 2 is 2.22 bits per heavy atom. The third-order valence-electron chi connectivity index (χ3n) is 2.71. The number of aliphatic hydroxyl groups is 2. The summed E-state index contributed by atoms with van der Waals surface area (Å²) in [7, 11) is 0. The maximum Gasteiger partial charge on any atom is 0.330 e. The van der Waals surface area contributed by atoms with Gasteiger partial charge in [-0.05, 0) is 22.6 Å². The Labute approximate surface area is 115 Å². The van der Waals surface area contributed by atoms with Crippen LogP contribution in [0.15, 0.2) is 27.9 Å². The van der Waals surface area contributed by atoms with Gasteiger partial charge in [0.2, 0.25) is 0 Å². The topological polar surface area (TPSA) is 105 Å². The number of nitrogens with one attached hydrogen (secondary N) is 1. The normalized spacial score (nSPS) is 27.7. The van der Waals surface area contributed by atoms with E-state index in [2.05, 4.69) is 11.6 Å². The maximum absolute atomic E-state index is 11.7. The molecule has 2 heterocycles. The first kappa shape index (κ1) is 13.5. The second-order valence-electron chi connectivity index (χ2n) is 3.87. The molecule has 1 aromatic heterocycles. The standard InChI is InChI=1S/C10H11IN2O5/c1-4-7(15)6(3-14)18-9(4)13-2-5(11)8(16)12-10(13)17/h2,6-7,9,14-15H,1,3H2,(H,12,16,17)/t6-,7+,9-/m0/s1. The van der Waals surface area contributed by atoms with Crippen LogP contribution in [0.2, 0.25) is 0 Å². The van der Waals surface area contributed by atoms with E-state index >= 15 is 0 Å². The number of rotatable bonds is 2. The Morgan fingerprint density at radius 1 is 1.56 bits per heavy atom. The molecule has 1 saturated heterocycles. The first-order chi connectivity index (χ1) is 8.45. The summed E-state index contributed by atoms with van der Waals surface area (Å²) in [5, 5.41) is 18.7. The Kier molecular flexibility index (Phi) is 3.71. The Bertz CT molecular complexity index is 593. The van der Waals surface area contributed by atoms with Crippen molar-refractivity contribution in [2.24, 2.45) is 0 Å². The van der Waals surface area contributed by atoms with Gasteiger partial charge in [-0.25, -0.2) is 4.79 Å². The number of hydrogen-bond donors (Lipinski definition) is 3. The first-order valence-electron chi connectivity index (χ1n) is 5.09. The monoisotopic (exact) mass is 366 g/mol. The molecule has 0 spiro atoms. The molecule has 2 rings (SSSR count). The molecule has 1 aliphatic heterocycles. The van der Waals surface area contributed by atoms with Gasteiger partial charge < -0.3 is 14.9 Å². The van der Waals surface area contributed by atoms with Crippen LogP contribution in [0.25, 0.3) is 0 Å². The van der Waals surface area contributed by atoms with Crippen LogP contribution in [0.1, 0.15) is 6.23 Å². The van der Waals surface area contributed by atoms with E-state index in [1.807, 2.05) is 0 Å². The summed E-state index contributed by atoms with van der Waals surface area (Å²) in [6.07, 6.45) is -1.44. The lowest BCUT2D eigenvalue weighted by molar-refractivity contribution is -0.0448. The van der Waals surface area contributed by atoms with Gasteiger partial charge in [-0.2, -0.15) is 0 Å². The summed E-state index contributed by atoms with van der Waals surface area (Å²) in [5.74, 6) is 0. The number of halogens is 1. The summed E-state index contributed by atoms with van der Waals surface area (Å²) in [5.41, 5.74) is -0.879. The molecule has 3 atom stereocenters. The smallest absolute Gasteiger partial charge is 0.330 e. The minimum Gasteiger partial charge on any atom is -0.394 e. The van der Waals surface area contributed by atoms with E-state index in [1.165, 1.54) is 6.20 Å². The SMILES string of the molecule is C=C1[C@@H](O)[C@H](CO)O[C@@H]1n1cc(I)c(=O)[nH]c1=O. The van der Waals surface area contributed by atoms with Crippen molar-refractivity contribution < 1.29 is 14.9 Å². The Morgan fingerprint density at radius 3 is 2.78 bits per heavy atom. The highest BCUT2D eigenvalue weighted by molar-refractivity contribution is 14.1. The number of H-pyrrole nitrogens is 1. The highest BCUT2D eigenvalue weighted by atomic mass is 127. The second kappa shape index (κ2) is 4.96. The highest BCUT2D eigenvalue weighted by Gasteiger charge is 2.38.